The second-order valence-corrected chi connectivity index (χ2v) is 4.00. The van der Waals surface area contributed by atoms with Gasteiger partial charge in [-0.3, -0.25) is 20.4 Å². The van der Waals surface area contributed by atoms with Crippen molar-refractivity contribution in [2.75, 3.05) is 0 Å². The van der Waals surface area contributed by atoms with Crippen LogP contribution in [-0.4, -0.2) is 16.9 Å². The van der Waals surface area contributed by atoms with Gasteiger partial charge in [-0.15, -0.1) is 0 Å². The van der Waals surface area contributed by atoms with Crippen molar-refractivity contribution in [3.05, 3.63) is 29.8 Å². The molecular formula is C13H18N2O3. The molecule has 18 heavy (non-hydrogen) atoms. The van der Waals surface area contributed by atoms with Crippen LogP contribution in [0.5, 0.6) is 5.75 Å². The number of amides is 2. The van der Waals surface area contributed by atoms with Crippen LogP contribution in [0.4, 0.5) is 0 Å². The maximum Gasteiger partial charge on any atom is 0.269 e. The Balaban J connectivity index is 2.51. The summed E-state index contributed by atoms with van der Waals surface area (Å²) in [5.74, 6) is -0.598. The Morgan fingerprint density at radius 3 is 2.17 bits per heavy atom. The molecule has 5 heteroatoms. The summed E-state index contributed by atoms with van der Waals surface area (Å²) in [6.07, 6.45) is 1.47. The maximum absolute atomic E-state index is 11.7. The minimum absolute atomic E-state index is 0.0904. The van der Waals surface area contributed by atoms with Crippen LogP contribution in [-0.2, 0) is 4.79 Å². The first-order valence-corrected chi connectivity index (χ1v) is 5.97. The molecule has 1 aromatic carbocycles. The first-order valence-electron chi connectivity index (χ1n) is 5.97. The van der Waals surface area contributed by atoms with Gasteiger partial charge in [0, 0.05) is 11.5 Å². The molecule has 1 rings (SSSR count). The molecule has 0 radical (unpaired) electrons. The third kappa shape index (κ3) is 3.76. The van der Waals surface area contributed by atoms with Crippen molar-refractivity contribution in [2.24, 2.45) is 5.92 Å². The number of carbonyl (C=O) groups excluding carboxylic acids is 2. The molecule has 0 atom stereocenters. The van der Waals surface area contributed by atoms with E-state index in [1.807, 2.05) is 13.8 Å². The number of benzene rings is 1. The van der Waals surface area contributed by atoms with Gasteiger partial charge in [0.2, 0.25) is 5.91 Å². The number of nitrogens with one attached hydrogen (secondary N) is 2. The molecule has 0 aliphatic heterocycles. The van der Waals surface area contributed by atoms with E-state index in [9.17, 15) is 9.59 Å². The molecule has 2 amide bonds. The van der Waals surface area contributed by atoms with E-state index in [-0.39, 0.29) is 17.6 Å². The van der Waals surface area contributed by atoms with E-state index < -0.39 is 5.91 Å². The molecule has 5 nitrogen and oxygen atoms in total. The Morgan fingerprint density at radius 2 is 1.67 bits per heavy atom. The minimum atomic E-state index is -0.408. The molecule has 0 aliphatic carbocycles. The third-order valence-electron chi connectivity index (χ3n) is 2.79. The molecular weight excluding hydrogens is 232 g/mol. The fraction of sp³-hybridized carbons (Fsp3) is 0.385. The molecule has 1 aromatic rings. The Labute approximate surface area is 106 Å². The molecule has 0 bridgehead atoms. The van der Waals surface area contributed by atoms with Crippen LogP contribution in [0.2, 0.25) is 0 Å². The number of aromatic hydroxyl groups is 1. The summed E-state index contributed by atoms with van der Waals surface area (Å²) in [6.45, 7) is 3.85. The van der Waals surface area contributed by atoms with E-state index in [2.05, 4.69) is 10.9 Å². The summed E-state index contributed by atoms with van der Waals surface area (Å²) < 4.78 is 0. The second-order valence-electron chi connectivity index (χ2n) is 4.00. The van der Waals surface area contributed by atoms with Crippen molar-refractivity contribution < 1.29 is 14.7 Å². The maximum atomic E-state index is 11.7. The van der Waals surface area contributed by atoms with Gasteiger partial charge >= 0.3 is 0 Å². The lowest BCUT2D eigenvalue weighted by atomic mass is 10.0. The van der Waals surface area contributed by atoms with E-state index >= 15 is 0 Å². The highest BCUT2D eigenvalue weighted by molar-refractivity contribution is 5.95. The third-order valence-corrected chi connectivity index (χ3v) is 2.79. The summed E-state index contributed by atoms with van der Waals surface area (Å²) >= 11 is 0. The van der Waals surface area contributed by atoms with Gasteiger partial charge < -0.3 is 5.11 Å². The Bertz CT molecular complexity index is 411. The number of hydrazine groups is 1. The van der Waals surface area contributed by atoms with Crippen LogP contribution >= 0.6 is 0 Å². The highest BCUT2D eigenvalue weighted by atomic mass is 16.3. The van der Waals surface area contributed by atoms with Crippen LogP contribution in [0.3, 0.4) is 0 Å². The molecule has 0 heterocycles. The van der Waals surface area contributed by atoms with Gasteiger partial charge in [-0.05, 0) is 37.1 Å². The summed E-state index contributed by atoms with van der Waals surface area (Å²) in [4.78, 5) is 23.3. The van der Waals surface area contributed by atoms with Gasteiger partial charge in [-0.2, -0.15) is 0 Å². The Hall–Kier alpha value is -2.04. The van der Waals surface area contributed by atoms with Crippen molar-refractivity contribution in [3.8, 4) is 5.75 Å². The molecule has 0 unspecified atom stereocenters. The highest BCUT2D eigenvalue weighted by Crippen LogP contribution is 2.09. The van der Waals surface area contributed by atoms with Crippen molar-refractivity contribution in [2.45, 2.75) is 26.7 Å². The van der Waals surface area contributed by atoms with Crippen molar-refractivity contribution in [1.29, 1.82) is 0 Å². The SMILES string of the molecule is CCC(CC)C(=O)NNC(=O)c1ccc(O)cc1. The summed E-state index contributed by atoms with van der Waals surface area (Å²) in [7, 11) is 0. The first kappa shape index (κ1) is 14.0. The monoisotopic (exact) mass is 250 g/mol. The van der Waals surface area contributed by atoms with Crippen LogP contribution in [0.1, 0.15) is 37.0 Å². The molecule has 0 aromatic heterocycles. The predicted molar refractivity (Wildman–Crippen MR) is 67.8 cm³/mol. The highest BCUT2D eigenvalue weighted by Gasteiger charge is 2.14. The lowest BCUT2D eigenvalue weighted by Gasteiger charge is -2.13. The number of hydrogen-bond acceptors (Lipinski definition) is 3. The molecule has 98 valence electrons. The van der Waals surface area contributed by atoms with Crippen molar-refractivity contribution >= 4 is 11.8 Å². The summed E-state index contributed by atoms with van der Waals surface area (Å²) in [5, 5.41) is 9.09. The smallest absolute Gasteiger partial charge is 0.269 e. The Kier molecular flexibility index (Phi) is 5.17. The zero-order valence-electron chi connectivity index (χ0n) is 10.6. The molecule has 0 fully saturated rings. The average Bonchev–Trinajstić information content (AvgIpc) is 2.38. The van der Waals surface area contributed by atoms with Crippen LogP contribution in [0.25, 0.3) is 0 Å². The van der Waals surface area contributed by atoms with Gasteiger partial charge in [0.05, 0.1) is 0 Å². The number of rotatable bonds is 4. The molecule has 0 saturated carbocycles. The second kappa shape index (κ2) is 6.64. The zero-order chi connectivity index (χ0) is 13.5. The molecule has 3 N–H and O–H groups in total. The zero-order valence-corrected chi connectivity index (χ0v) is 10.6. The molecule has 0 spiro atoms. The fourth-order valence-corrected chi connectivity index (χ4v) is 1.56. The van der Waals surface area contributed by atoms with Crippen molar-refractivity contribution in [1.82, 2.24) is 10.9 Å². The summed E-state index contributed by atoms with van der Waals surface area (Å²) in [6, 6.07) is 5.79. The Morgan fingerprint density at radius 1 is 1.11 bits per heavy atom. The lowest BCUT2D eigenvalue weighted by Crippen LogP contribution is -2.44. The van der Waals surface area contributed by atoms with E-state index in [1.54, 1.807) is 0 Å². The normalized spacial score (nSPS) is 10.2. The number of hydrogen-bond donors (Lipinski definition) is 3. The number of phenolic OH excluding ortho intramolecular Hbond substituents is 1. The van der Waals surface area contributed by atoms with E-state index in [0.717, 1.165) is 12.8 Å². The predicted octanol–water partition coefficient (Wildman–Crippen LogP) is 1.59. The molecule has 0 aliphatic rings. The number of phenols is 1. The summed E-state index contributed by atoms with van der Waals surface area (Å²) in [5.41, 5.74) is 5.12. The van der Waals surface area contributed by atoms with Gasteiger partial charge in [-0.1, -0.05) is 13.8 Å². The van der Waals surface area contributed by atoms with Gasteiger partial charge in [0.1, 0.15) is 5.75 Å². The van der Waals surface area contributed by atoms with Crippen molar-refractivity contribution in [3.63, 3.8) is 0 Å². The van der Waals surface area contributed by atoms with Crippen LogP contribution < -0.4 is 10.9 Å². The van der Waals surface area contributed by atoms with Gasteiger partial charge in [0.25, 0.3) is 5.91 Å². The first-order chi connectivity index (χ1) is 8.58. The van der Waals surface area contributed by atoms with E-state index in [1.165, 1.54) is 24.3 Å². The lowest BCUT2D eigenvalue weighted by molar-refractivity contribution is -0.125. The minimum Gasteiger partial charge on any atom is -0.508 e. The average molecular weight is 250 g/mol. The van der Waals surface area contributed by atoms with Crippen LogP contribution in [0, 0.1) is 5.92 Å². The van der Waals surface area contributed by atoms with E-state index in [4.69, 9.17) is 5.11 Å². The fourth-order valence-electron chi connectivity index (χ4n) is 1.56. The van der Waals surface area contributed by atoms with Gasteiger partial charge in [0.15, 0.2) is 0 Å². The van der Waals surface area contributed by atoms with Crippen LogP contribution in [0.15, 0.2) is 24.3 Å². The topological polar surface area (TPSA) is 78.4 Å². The van der Waals surface area contributed by atoms with Gasteiger partial charge in [-0.25, -0.2) is 0 Å². The molecule has 0 saturated heterocycles. The quantitative estimate of drug-likeness (QED) is 0.710. The number of carbonyl (C=O) groups is 2. The standard InChI is InChI=1S/C13H18N2O3/c1-3-9(4-2)12(17)14-15-13(18)10-5-7-11(16)8-6-10/h5-9,16H,3-4H2,1-2H3,(H,14,17)(H,15,18). The van der Waals surface area contributed by atoms with E-state index in [0.29, 0.717) is 5.56 Å². The largest absolute Gasteiger partial charge is 0.508 e.